The van der Waals surface area contributed by atoms with Crippen LogP contribution in [0.15, 0.2) is 0 Å². The molecule has 0 aliphatic rings. The van der Waals surface area contributed by atoms with Gasteiger partial charge in [-0.3, -0.25) is 0 Å². The van der Waals surface area contributed by atoms with Gasteiger partial charge in [0.25, 0.3) is 0 Å². The molecule has 0 radical (unpaired) electrons. The summed E-state index contributed by atoms with van der Waals surface area (Å²) in [5, 5.41) is 0. The third-order valence-corrected chi connectivity index (χ3v) is 1.50. The monoisotopic (exact) mass is 114 g/mol. The SMILES string of the molecule is CCPCC.[H-].[Na+]. The average Bonchev–Trinajstić information content (AvgIpc) is 1.41. The summed E-state index contributed by atoms with van der Waals surface area (Å²) in [6.45, 7) is 4.45. The molecule has 0 aliphatic heterocycles. The van der Waals surface area contributed by atoms with Crippen LogP contribution in [-0.4, -0.2) is 12.3 Å². The molecule has 34 valence electrons. The predicted octanol–water partition coefficient (Wildman–Crippen LogP) is -1.18. The molecular formula is C4H12NaP. The van der Waals surface area contributed by atoms with Gasteiger partial charge < -0.3 is 1.43 Å². The molecule has 0 amide bonds. The Kier molecular flexibility index (Phi) is 16.8. The summed E-state index contributed by atoms with van der Waals surface area (Å²) in [4.78, 5) is 0. The second-order valence-corrected chi connectivity index (χ2v) is 2.87. The van der Waals surface area contributed by atoms with E-state index in [1.165, 1.54) is 20.9 Å². The van der Waals surface area contributed by atoms with Gasteiger partial charge in [0.1, 0.15) is 0 Å². The van der Waals surface area contributed by atoms with Gasteiger partial charge in [-0.2, -0.15) is 0 Å². The predicted molar refractivity (Wildman–Crippen MR) is 30.5 cm³/mol. The molecule has 0 aromatic carbocycles. The fraction of sp³-hybridized carbons (Fsp3) is 1.00. The van der Waals surface area contributed by atoms with Crippen molar-refractivity contribution in [1.82, 2.24) is 0 Å². The third kappa shape index (κ3) is 9.06. The second-order valence-electron chi connectivity index (χ2n) is 0.957. The van der Waals surface area contributed by atoms with Crippen LogP contribution in [0.2, 0.25) is 0 Å². The van der Waals surface area contributed by atoms with Crippen LogP contribution < -0.4 is 29.6 Å². The van der Waals surface area contributed by atoms with Crippen LogP contribution >= 0.6 is 8.58 Å². The zero-order valence-corrected chi connectivity index (χ0v) is 7.91. The van der Waals surface area contributed by atoms with Gasteiger partial charge in [0.2, 0.25) is 0 Å². The first-order chi connectivity index (χ1) is 2.41. The zero-order valence-electron chi connectivity index (χ0n) is 5.91. The molecule has 0 saturated heterocycles. The first-order valence-electron chi connectivity index (χ1n) is 2.12. The fourth-order valence-electron chi connectivity index (χ4n) is 0.250. The number of hydrogen-bond acceptors (Lipinski definition) is 0. The molecule has 0 unspecified atom stereocenters. The van der Waals surface area contributed by atoms with E-state index in [1.807, 2.05) is 0 Å². The summed E-state index contributed by atoms with van der Waals surface area (Å²) in [5.41, 5.74) is 0. The molecule has 0 aliphatic carbocycles. The van der Waals surface area contributed by atoms with Crippen molar-refractivity contribution in [1.29, 1.82) is 0 Å². The van der Waals surface area contributed by atoms with Crippen LogP contribution in [-0.2, 0) is 0 Å². The molecule has 0 rings (SSSR count). The third-order valence-electron chi connectivity index (χ3n) is 0.500. The van der Waals surface area contributed by atoms with E-state index in [4.69, 9.17) is 0 Å². The van der Waals surface area contributed by atoms with E-state index in [2.05, 4.69) is 13.8 Å². The van der Waals surface area contributed by atoms with Crippen molar-refractivity contribution in [2.24, 2.45) is 0 Å². The first-order valence-corrected chi connectivity index (χ1v) is 3.54. The molecule has 0 atom stereocenters. The molecule has 0 spiro atoms. The van der Waals surface area contributed by atoms with E-state index in [1.54, 1.807) is 0 Å². The van der Waals surface area contributed by atoms with Crippen molar-refractivity contribution in [3.63, 3.8) is 0 Å². The molecule has 0 aromatic heterocycles. The molecule has 0 heterocycles. The van der Waals surface area contributed by atoms with Crippen molar-refractivity contribution >= 4 is 8.58 Å². The Morgan fingerprint density at radius 1 is 1.33 bits per heavy atom. The van der Waals surface area contributed by atoms with E-state index in [0.29, 0.717) is 0 Å². The maximum atomic E-state index is 2.22. The summed E-state index contributed by atoms with van der Waals surface area (Å²) in [6.07, 6.45) is 2.74. The van der Waals surface area contributed by atoms with Gasteiger partial charge in [0, 0.05) is 0 Å². The normalized spacial score (nSPS) is 7.00. The smallest absolute Gasteiger partial charge is 1.00 e. The molecule has 0 N–H and O–H groups in total. The Labute approximate surface area is 65.6 Å². The molecule has 0 saturated carbocycles. The van der Waals surface area contributed by atoms with Crippen LogP contribution in [0.3, 0.4) is 0 Å². The van der Waals surface area contributed by atoms with Crippen LogP contribution in [0.5, 0.6) is 0 Å². The minimum Gasteiger partial charge on any atom is -1.00 e. The van der Waals surface area contributed by atoms with E-state index in [0.717, 1.165) is 0 Å². The van der Waals surface area contributed by atoms with Gasteiger partial charge in [0.15, 0.2) is 0 Å². The standard InChI is InChI=1S/C4H11P.Na.H/c1-3-5-4-2;;/h5H,3-4H2,1-2H3;;/q;+1;-1. The Morgan fingerprint density at radius 3 is 1.67 bits per heavy atom. The van der Waals surface area contributed by atoms with E-state index < -0.39 is 0 Å². The second kappa shape index (κ2) is 9.66. The van der Waals surface area contributed by atoms with Crippen molar-refractivity contribution in [3.05, 3.63) is 0 Å². The Balaban J connectivity index is -0.0000000800. The van der Waals surface area contributed by atoms with Gasteiger partial charge in [0.05, 0.1) is 0 Å². The molecule has 0 aromatic rings. The van der Waals surface area contributed by atoms with Gasteiger partial charge in [-0.25, -0.2) is 0 Å². The van der Waals surface area contributed by atoms with Crippen molar-refractivity contribution in [2.45, 2.75) is 13.8 Å². The Morgan fingerprint density at radius 2 is 1.67 bits per heavy atom. The van der Waals surface area contributed by atoms with Gasteiger partial charge in [-0.1, -0.05) is 13.8 Å². The van der Waals surface area contributed by atoms with E-state index in [9.17, 15) is 0 Å². The summed E-state index contributed by atoms with van der Waals surface area (Å²) in [7, 11) is 1.20. The number of hydrogen-bond donors (Lipinski definition) is 0. The molecule has 0 nitrogen and oxygen atoms in total. The van der Waals surface area contributed by atoms with E-state index >= 15 is 0 Å². The topological polar surface area (TPSA) is 0 Å². The maximum Gasteiger partial charge on any atom is 1.00 e. The zero-order chi connectivity index (χ0) is 4.12. The molecule has 0 bridgehead atoms. The van der Waals surface area contributed by atoms with Crippen LogP contribution in [0.4, 0.5) is 0 Å². The Hall–Kier alpha value is 1.43. The first kappa shape index (κ1) is 10.4. The van der Waals surface area contributed by atoms with Crippen LogP contribution in [0.1, 0.15) is 15.3 Å². The van der Waals surface area contributed by atoms with E-state index in [-0.39, 0.29) is 31.0 Å². The summed E-state index contributed by atoms with van der Waals surface area (Å²) < 4.78 is 0. The van der Waals surface area contributed by atoms with Crippen molar-refractivity contribution in [3.8, 4) is 0 Å². The minimum absolute atomic E-state index is 0. The van der Waals surface area contributed by atoms with Crippen molar-refractivity contribution in [2.75, 3.05) is 12.3 Å². The number of rotatable bonds is 2. The Bertz CT molecular complexity index is 19.2. The minimum atomic E-state index is 0. The van der Waals surface area contributed by atoms with Crippen LogP contribution in [0.25, 0.3) is 0 Å². The van der Waals surface area contributed by atoms with Gasteiger partial charge in [-0.15, -0.1) is 8.58 Å². The average molecular weight is 114 g/mol. The van der Waals surface area contributed by atoms with Gasteiger partial charge in [-0.05, 0) is 12.3 Å². The van der Waals surface area contributed by atoms with Crippen molar-refractivity contribution < 1.29 is 31.0 Å². The molecule has 2 heteroatoms. The largest absolute Gasteiger partial charge is 1.00 e. The summed E-state index contributed by atoms with van der Waals surface area (Å²) >= 11 is 0. The summed E-state index contributed by atoms with van der Waals surface area (Å²) in [6, 6.07) is 0. The maximum absolute atomic E-state index is 2.22. The summed E-state index contributed by atoms with van der Waals surface area (Å²) in [5.74, 6) is 0. The fourth-order valence-corrected chi connectivity index (χ4v) is 0.750. The molecule has 0 fully saturated rings. The molecule has 6 heavy (non-hydrogen) atoms. The molecular weight excluding hydrogens is 102 g/mol. The van der Waals surface area contributed by atoms with Crippen LogP contribution in [0, 0.1) is 0 Å². The van der Waals surface area contributed by atoms with Gasteiger partial charge >= 0.3 is 29.6 Å². The quantitative estimate of drug-likeness (QED) is 0.313.